The average molecular weight is 365 g/mol. The molecule has 0 heterocycles. The molecule has 5 nitrogen and oxygen atoms in total. The number of halogens is 1. The smallest absolute Gasteiger partial charge is 0.244 e. The summed E-state index contributed by atoms with van der Waals surface area (Å²) in [7, 11) is 1.61. The van der Waals surface area contributed by atoms with Crippen LogP contribution in [0, 0.1) is 0 Å². The van der Waals surface area contributed by atoms with E-state index in [0.717, 1.165) is 11.3 Å². The Morgan fingerprint density at radius 1 is 1.16 bits per heavy atom. The number of hydrogen-bond donors (Lipinski definition) is 2. The number of methoxy groups -OCH3 is 1. The summed E-state index contributed by atoms with van der Waals surface area (Å²) in [6.07, 6.45) is -0.201. The van der Waals surface area contributed by atoms with Gasteiger partial charge in [-0.25, -0.2) is 0 Å². The van der Waals surface area contributed by atoms with E-state index < -0.39 is 5.54 Å². The van der Waals surface area contributed by atoms with Crippen LogP contribution in [-0.4, -0.2) is 25.7 Å². The molecule has 6 heteroatoms. The van der Waals surface area contributed by atoms with Crippen LogP contribution in [-0.2, 0) is 10.3 Å². The van der Waals surface area contributed by atoms with Gasteiger partial charge in [-0.3, -0.25) is 4.79 Å². The SMILES string of the molecule is COc1cccc(OC(C)CNC(=O)C(C)(N)c2ccccc2)c1.Cl. The van der Waals surface area contributed by atoms with E-state index in [0.29, 0.717) is 12.3 Å². The normalized spacial score (nSPS) is 13.8. The van der Waals surface area contributed by atoms with Gasteiger partial charge in [-0.1, -0.05) is 36.4 Å². The number of nitrogens with one attached hydrogen (secondary N) is 1. The number of hydrogen-bond acceptors (Lipinski definition) is 4. The average Bonchev–Trinajstić information content (AvgIpc) is 2.60. The summed E-state index contributed by atoms with van der Waals surface area (Å²) in [5.41, 5.74) is 5.87. The Bertz CT molecular complexity index is 677. The van der Waals surface area contributed by atoms with Crippen molar-refractivity contribution in [3.05, 3.63) is 60.2 Å². The highest BCUT2D eigenvalue weighted by Gasteiger charge is 2.30. The topological polar surface area (TPSA) is 73.6 Å². The van der Waals surface area contributed by atoms with Crippen LogP contribution in [0.5, 0.6) is 11.5 Å². The Morgan fingerprint density at radius 3 is 2.44 bits per heavy atom. The number of carbonyl (C=O) groups excluding carboxylic acids is 1. The van der Waals surface area contributed by atoms with Crippen molar-refractivity contribution in [1.82, 2.24) is 5.32 Å². The molecule has 0 bridgehead atoms. The lowest BCUT2D eigenvalue weighted by molar-refractivity contribution is -0.126. The number of rotatable bonds is 7. The fourth-order valence-electron chi connectivity index (χ4n) is 2.28. The van der Waals surface area contributed by atoms with Crippen LogP contribution < -0.4 is 20.5 Å². The molecule has 0 fully saturated rings. The highest BCUT2D eigenvalue weighted by Crippen LogP contribution is 2.20. The van der Waals surface area contributed by atoms with Crippen molar-refractivity contribution < 1.29 is 14.3 Å². The number of amides is 1. The van der Waals surface area contributed by atoms with Crippen molar-refractivity contribution in [2.24, 2.45) is 5.73 Å². The third-order valence-electron chi connectivity index (χ3n) is 3.77. The molecule has 2 aromatic carbocycles. The third kappa shape index (κ3) is 5.66. The van der Waals surface area contributed by atoms with Crippen LogP contribution in [0.2, 0.25) is 0 Å². The predicted octanol–water partition coefficient (Wildman–Crippen LogP) is 2.87. The molecule has 1 amide bonds. The molecule has 3 N–H and O–H groups in total. The first-order valence-electron chi connectivity index (χ1n) is 7.87. The Labute approximate surface area is 154 Å². The van der Waals surface area contributed by atoms with Gasteiger partial charge in [0.25, 0.3) is 0 Å². The zero-order chi connectivity index (χ0) is 17.6. The van der Waals surface area contributed by atoms with E-state index >= 15 is 0 Å². The minimum absolute atomic E-state index is 0. The molecule has 0 aliphatic heterocycles. The molecule has 2 atom stereocenters. The van der Waals surface area contributed by atoms with Crippen LogP contribution in [0.4, 0.5) is 0 Å². The molecule has 2 rings (SSSR count). The molecular formula is C19H25ClN2O3. The monoisotopic (exact) mass is 364 g/mol. The van der Waals surface area contributed by atoms with Gasteiger partial charge < -0.3 is 20.5 Å². The summed E-state index contributed by atoms with van der Waals surface area (Å²) in [5, 5.41) is 2.85. The Kier molecular flexibility index (Phi) is 7.74. The maximum Gasteiger partial charge on any atom is 0.244 e. The van der Waals surface area contributed by atoms with E-state index in [1.54, 1.807) is 20.1 Å². The van der Waals surface area contributed by atoms with E-state index in [9.17, 15) is 4.79 Å². The second kappa shape index (κ2) is 9.30. The summed E-state index contributed by atoms with van der Waals surface area (Å²) in [5.74, 6) is 1.17. The van der Waals surface area contributed by atoms with E-state index in [1.165, 1.54) is 0 Å². The molecular weight excluding hydrogens is 340 g/mol. The molecule has 0 radical (unpaired) electrons. The largest absolute Gasteiger partial charge is 0.497 e. The molecule has 0 saturated heterocycles. The maximum atomic E-state index is 12.4. The molecule has 25 heavy (non-hydrogen) atoms. The lowest BCUT2D eigenvalue weighted by Gasteiger charge is -2.25. The summed E-state index contributed by atoms with van der Waals surface area (Å²) < 4.78 is 11.0. The fraction of sp³-hybridized carbons (Fsp3) is 0.316. The zero-order valence-electron chi connectivity index (χ0n) is 14.7. The standard InChI is InChI=1S/C19H24N2O3.ClH/c1-14(24-17-11-7-10-16(12-17)23-3)13-21-18(22)19(2,20)15-8-5-4-6-9-15;/h4-12,14H,13,20H2,1-3H3,(H,21,22);1H. The summed E-state index contributed by atoms with van der Waals surface area (Å²) >= 11 is 0. The van der Waals surface area contributed by atoms with E-state index in [2.05, 4.69) is 5.32 Å². The summed E-state index contributed by atoms with van der Waals surface area (Å²) in [6, 6.07) is 16.6. The van der Waals surface area contributed by atoms with Crippen molar-refractivity contribution in [3.63, 3.8) is 0 Å². The van der Waals surface area contributed by atoms with Gasteiger partial charge in [0.05, 0.1) is 13.7 Å². The summed E-state index contributed by atoms with van der Waals surface area (Å²) in [4.78, 5) is 12.4. The van der Waals surface area contributed by atoms with Crippen molar-refractivity contribution in [2.45, 2.75) is 25.5 Å². The van der Waals surface area contributed by atoms with Gasteiger partial charge >= 0.3 is 0 Å². The van der Waals surface area contributed by atoms with Crippen LogP contribution in [0.1, 0.15) is 19.4 Å². The van der Waals surface area contributed by atoms with Gasteiger partial charge in [0.15, 0.2) is 0 Å². The number of benzene rings is 2. The maximum absolute atomic E-state index is 12.4. The van der Waals surface area contributed by atoms with Crippen molar-refractivity contribution >= 4 is 18.3 Å². The lowest BCUT2D eigenvalue weighted by Crippen LogP contribution is -2.50. The molecule has 2 aromatic rings. The number of nitrogens with two attached hydrogens (primary N) is 1. The molecule has 2 unspecified atom stereocenters. The van der Waals surface area contributed by atoms with Gasteiger partial charge in [0.2, 0.25) is 5.91 Å². The Hall–Kier alpha value is -2.24. The fourth-order valence-corrected chi connectivity index (χ4v) is 2.28. The number of ether oxygens (including phenoxy) is 2. The lowest BCUT2D eigenvalue weighted by atomic mass is 9.92. The number of carbonyl (C=O) groups is 1. The first-order valence-corrected chi connectivity index (χ1v) is 7.87. The molecule has 0 saturated carbocycles. The Morgan fingerprint density at radius 2 is 1.80 bits per heavy atom. The zero-order valence-corrected chi connectivity index (χ0v) is 15.5. The highest BCUT2D eigenvalue weighted by atomic mass is 35.5. The quantitative estimate of drug-likeness (QED) is 0.792. The van der Waals surface area contributed by atoms with Gasteiger partial charge in [-0.15, -0.1) is 12.4 Å². The van der Waals surface area contributed by atoms with Crippen molar-refractivity contribution in [2.75, 3.05) is 13.7 Å². The second-order valence-corrected chi connectivity index (χ2v) is 5.89. The van der Waals surface area contributed by atoms with Gasteiger partial charge in [-0.2, -0.15) is 0 Å². The molecule has 0 aliphatic rings. The van der Waals surface area contributed by atoms with Crippen molar-refractivity contribution in [3.8, 4) is 11.5 Å². The summed E-state index contributed by atoms with van der Waals surface area (Å²) in [6.45, 7) is 3.94. The van der Waals surface area contributed by atoms with Crippen LogP contribution in [0.3, 0.4) is 0 Å². The molecule has 0 aliphatic carbocycles. The van der Waals surface area contributed by atoms with Gasteiger partial charge in [0, 0.05) is 6.07 Å². The van der Waals surface area contributed by atoms with Crippen molar-refractivity contribution in [1.29, 1.82) is 0 Å². The first kappa shape index (κ1) is 20.8. The van der Waals surface area contributed by atoms with E-state index in [1.807, 2.05) is 55.5 Å². The minimum atomic E-state index is -1.09. The van der Waals surface area contributed by atoms with Crippen LogP contribution in [0.25, 0.3) is 0 Å². The minimum Gasteiger partial charge on any atom is -0.497 e. The third-order valence-corrected chi connectivity index (χ3v) is 3.77. The second-order valence-electron chi connectivity index (χ2n) is 5.89. The molecule has 136 valence electrons. The highest BCUT2D eigenvalue weighted by molar-refractivity contribution is 5.87. The van der Waals surface area contributed by atoms with E-state index in [4.69, 9.17) is 15.2 Å². The molecule has 0 aromatic heterocycles. The first-order chi connectivity index (χ1) is 11.4. The van der Waals surface area contributed by atoms with E-state index in [-0.39, 0.29) is 24.4 Å². The van der Waals surface area contributed by atoms with Crippen LogP contribution in [0.15, 0.2) is 54.6 Å². The predicted molar refractivity (Wildman–Crippen MR) is 101 cm³/mol. The van der Waals surface area contributed by atoms with Crippen LogP contribution >= 0.6 is 12.4 Å². The van der Waals surface area contributed by atoms with Gasteiger partial charge in [0.1, 0.15) is 23.1 Å². The Balaban J connectivity index is 0.00000312. The van der Waals surface area contributed by atoms with Gasteiger partial charge in [-0.05, 0) is 31.5 Å². The molecule has 0 spiro atoms.